The van der Waals surface area contributed by atoms with Crippen molar-refractivity contribution in [3.8, 4) is 0 Å². The Morgan fingerprint density at radius 3 is 2.57 bits per heavy atom. The average molecular weight is 332 g/mol. The molecule has 1 heterocycles. The van der Waals surface area contributed by atoms with E-state index < -0.39 is 0 Å². The molecule has 0 unspecified atom stereocenters. The zero-order chi connectivity index (χ0) is 16.7. The number of aryl methyl sites for hydroxylation is 1. The van der Waals surface area contributed by atoms with Crippen molar-refractivity contribution < 1.29 is 14.0 Å². The number of anilines is 1. The molecule has 0 aliphatic rings. The first-order valence-electron chi connectivity index (χ1n) is 7.25. The van der Waals surface area contributed by atoms with Crippen molar-refractivity contribution >= 4 is 29.3 Å². The van der Waals surface area contributed by atoms with Gasteiger partial charge in [-0.2, -0.15) is 0 Å². The minimum atomic E-state index is -0.111. The number of hydrogen-bond donors (Lipinski definition) is 1. The number of nitrogens with zero attached hydrogens (tertiary/aromatic N) is 1. The van der Waals surface area contributed by atoms with Crippen LogP contribution in [0, 0.1) is 6.92 Å². The highest BCUT2D eigenvalue weighted by Gasteiger charge is 2.12. The molecule has 5 nitrogen and oxygen atoms in total. The standard InChI is InChI=1S/C17H20N2O3S/c1-13-5-7-14(8-6-13)18-16(20)11-23-12-17(21)19(2)10-15-4-3-9-22-15/h3-9H,10-12H2,1-2H3,(H,18,20). The zero-order valence-corrected chi connectivity index (χ0v) is 14.1. The van der Waals surface area contributed by atoms with Gasteiger partial charge in [0.15, 0.2) is 0 Å². The molecule has 0 saturated carbocycles. The molecule has 23 heavy (non-hydrogen) atoms. The Bertz CT molecular complexity index is 638. The summed E-state index contributed by atoms with van der Waals surface area (Å²) in [4.78, 5) is 25.4. The zero-order valence-electron chi connectivity index (χ0n) is 13.2. The Kier molecular flexibility index (Phi) is 6.29. The number of amides is 2. The van der Waals surface area contributed by atoms with E-state index in [1.807, 2.05) is 37.3 Å². The molecule has 6 heteroatoms. The van der Waals surface area contributed by atoms with Crippen LogP contribution in [0.3, 0.4) is 0 Å². The largest absolute Gasteiger partial charge is 0.467 e. The molecule has 0 bridgehead atoms. The van der Waals surface area contributed by atoms with Crippen LogP contribution in [0.4, 0.5) is 5.69 Å². The van der Waals surface area contributed by atoms with Crippen molar-refractivity contribution in [1.29, 1.82) is 0 Å². The summed E-state index contributed by atoms with van der Waals surface area (Å²) in [5, 5.41) is 2.81. The number of rotatable bonds is 7. The Labute approximate surface area is 140 Å². The van der Waals surface area contributed by atoms with Crippen LogP contribution < -0.4 is 5.32 Å². The highest BCUT2D eigenvalue weighted by atomic mass is 32.2. The van der Waals surface area contributed by atoms with E-state index in [9.17, 15) is 9.59 Å². The maximum Gasteiger partial charge on any atom is 0.234 e. The number of hydrogen-bond acceptors (Lipinski definition) is 4. The maximum atomic E-state index is 12.0. The minimum absolute atomic E-state index is 0.0328. The predicted molar refractivity (Wildman–Crippen MR) is 92.3 cm³/mol. The van der Waals surface area contributed by atoms with Gasteiger partial charge in [-0.25, -0.2) is 0 Å². The second-order valence-corrected chi connectivity index (χ2v) is 6.22. The highest BCUT2D eigenvalue weighted by Crippen LogP contribution is 2.11. The maximum absolute atomic E-state index is 12.0. The van der Waals surface area contributed by atoms with Gasteiger partial charge in [0.25, 0.3) is 0 Å². The smallest absolute Gasteiger partial charge is 0.234 e. The molecule has 0 atom stereocenters. The molecule has 0 spiro atoms. The van der Waals surface area contributed by atoms with Crippen molar-refractivity contribution in [2.24, 2.45) is 0 Å². The van der Waals surface area contributed by atoms with E-state index in [0.29, 0.717) is 6.54 Å². The summed E-state index contributed by atoms with van der Waals surface area (Å²) in [7, 11) is 1.72. The third-order valence-corrected chi connectivity index (χ3v) is 4.11. The van der Waals surface area contributed by atoms with Crippen molar-refractivity contribution in [1.82, 2.24) is 4.90 Å². The molecule has 1 N–H and O–H groups in total. The highest BCUT2D eigenvalue weighted by molar-refractivity contribution is 8.00. The lowest BCUT2D eigenvalue weighted by Crippen LogP contribution is -2.28. The van der Waals surface area contributed by atoms with Gasteiger partial charge in [-0.1, -0.05) is 17.7 Å². The predicted octanol–water partition coefficient (Wildman–Crippen LogP) is 2.92. The van der Waals surface area contributed by atoms with Crippen LogP contribution in [0.25, 0.3) is 0 Å². The van der Waals surface area contributed by atoms with E-state index in [-0.39, 0.29) is 23.3 Å². The van der Waals surface area contributed by atoms with E-state index in [0.717, 1.165) is 17.0 Å². The van der Waals surface area contributed by atoms with Crippen LogP contribution in [0.1, 0.15) is 11.3 Å². The molecule has 0 aliphatic heterocycles. The van der Waals surface area contributed by atoms with E-state index in [1.165, 1.54) is 11.8 Å². The van der Waals surface area contributed by atoms with E-state index in [1.54, 1.807) is 24.3 Å². The van der Waals surface area contributed by atoms with Gasteiger partial charge >= 0.3 is 0 Å². The molecule has 0 radical (unpaired) electrons. The van der Waals surface area contributed by atoms with Crippen LogP contribution in [0.2, 0.25) is 0 Å². The van der Waals surface area contributed by atoms with Crippen LogP contribution in [-0.4, -0.2) is 35.3 Å². The van der Waals surface area contributed by atoms with Gasteiger partial charge in [-0.05, 0) is 31.2 Å². The second-order valence-electron chi connectivity index (χ2n) is 5.24. The van der Waals surface area contributed by atoms with Crippen LogP contribution >= 0.6 is 11.8 Å². The summed E-state index contributed by atoms with van der Waals surface area (Å²) in [5.74, 6) is 1.10. The second kappa shape index (κ2) is 8.43. The van der Waals surface area contributed by atoms with E-state index >= 15 is 0 Å². The molecule has 1 aromatic carbocycles. The SMILES string of the molecule is Cc1ccc(NC(=O)CSCC(=O)N(C)Cc2ccco2)cc1. The van der Waals surface area contributed by atoms with Gasteiger partial charge in [0.05, 0.1) is 24.3 Å². The lowest BCUT2D eigenvalue weighted by Gasteiger charge is -2.15. The topological polar surface area (TPSA) is 62.6 Å². The first-order chi connectivity index (χ1) is 11.0. The van der Waals surface area contributed by atoms with Crippen molar-refractivity contribution in [2.75, 3.05) is 23.9 Å². The minimum Gasteiger partial charge on any atom is -0.467 e. The van der Waals surface area contributed by atoms with E-state index in [4.69, 9.17) is 4.42 Å². The summed E-state index contributed by atoms with van der Waals surface area (Å²) >= 11 is 1.30. The normalized spacial score (nSPS) is 10.3. The molecule has 1 aromatic heterocycles. The fourth-order valence-electron chi connectivity index (χ4n) is 1.90. The summed E-state index contributed by atoms with van der Waals surface area (Å²) in [5.41, 5.74) is 1.91. The summed E-state index contributed by atoms with van der Waals surface area (Å²) < 4.78 is 5.21. The van der Waals surface area contributed by atoms with Crippen LogP contribution in [0.5, 0.6) is 0 Å². The van der Waals surface area contributed by atoms with Crippen molar-refractivity contribution in [3.63, 3.8) is 0 Å². The molecule has 0 saturated heterocycles. The van der Waals surface area contributed by atoms with E-state index in [2.05, 4.69) is 5.32 Å². The molecule has 2 rings (SSSR count). The van der Waals surface area contributed by atoms with Crippen molar-refractivity contribution in [3.05, 3.63) is 54.0 Å². The van der Waals surface area contributed by atoms with Gasteiger partial charge in [0, 0.05) is 12.7 Å². The van der Waals surface area contributed by atoms with Crippen LogP contribution in [-0.2, 0) is 16.1 Å². The van der Waals surface area contributed by atoms with Gasteiger partial charge in [0.1, 0.15) is 5.76 Å². The molecule has 2 aromatic rings. The van der Waals surface area contributed by atoms with Gasteiger partial charge in [-0.3, -0.25) is 9.59 Å². The molecular formula is C17H20N2O3S. The number of thioether (sulfide) groups is 1. The quantitative estimate of drug-likeness (QED) is 0.847. The fraction of sp³-hybridized carbons (Fsp3) is 0.294. The molecule has 0 aliphatic carbocycles. The fourth-order valence-corrected chi connectivity index (χ4v) is 2.65. The number of furan rings is 1. The first kappa shape index (κ1) is 17.1. The first-order valence-corrected chi connectivity index (χ1v) is 8.40. The summed E-state index contributed by atoms with van der Waals surface area (Å²) in [6.45, 7) is 2.42. The Morgan fingerprint density at radius 2 is 1.91 bits per heavy atom. The Morgan fingerprint density at radius 1 is 1.17 bits per heavy atom. The lowest BCUT2D eigenvalue weighted by molar-refractivity contribution is -0.127. The van der Waals surface area contributed by atoms with Gasteiger partial charge in [-0.15, -0.1) is 11.8 Å². The number of nitrogens with one attached hydrogen (secondary N) is 1. The lowest BCUT2D eigenvalue weighted by atomic mass is 10.2. The molecule has 0 fully saturated rings. The van der Waals surface area contributed by atoms with Gasteiger partial charge in [0.2, 0.25) is 11.8 Å². The van der Waals surface area contributed by atoms with Crippen molar-refractivity contribution in [2.45, 2.75) is 13.5 Å². The number of benzene rings is 1. The molecular weight excluding hydrogens is 312 g/mol. The average Bonchev–Trinajstić information content (AvgIpc) is 3.02. The Balaban J connectivity index is 1.68. The third kappa shape index (κ3) is 5.83. The summed E-state index contributed by atoms with van der Waals surface area (Å²) in [6.07, 6.45) is 1.58. The monoisotopic (exact) mass is 332 g/mol. The molecule has 2 amide bonds. The molecule has 122 valence electrons. The number of carbonyl (C=O) groups is 2. The summed E-state index contributed by atoms with van der Waals surface area (Å²) in [6, 6.07) is 11.2. The Hall–Kier alpha value is -2.21. The third-order valence-electron chi connectivity index (χ3n) is 3.19. The van der Waals surface area contributed by atoms with Gasteiger partial charge < -0.3 is 14.6 Å². The number of carbonyl (C=O) groups excluding carboxylic acids is 2. The van der Waals surface area contributed by atoms with Crippen LogP contribution in [0.15, 0.2) is 47.1 Å².